The number of aromatic nitrogens is 1. The van der Waals surface area contributed by atoms with Crippen LogP contribution in [0.1, 0.15) is 17.3 Å². The van der Waals surface area contributed by atoms with Crippen molar-refractivity contribution < 1.29 is 9.90 Å². The van der Waals surface area contributed by atoms with Crippen molar-refractivity contribution in [2.45, 2.75) is 13.0 Å². The first-order valence-corrected chi connectivity index (χ1v) is 5.05. The third-order valence-corrected chi connectivity index (χ3v) is 2.68. The van der Waals surface area contributed by atoms with E-state index < -0.39 is 0 Å². The Kier molecular flexibility index (Phi) is 3.78. The number of carbonyl (C=O) groups excluding carboxylic acids is 1. The average Bonchev–Trinajstić information content (AvgIpc) is 2.26. The summed E-state index contributed by atoms with van der Waals surface area (Å²) in [6, 6.07) is 1.08. The zero-order chi connectivity index (χ0) is 12.3. The highest BCUT2D eigenvalue weighted by atomic mass is 32.1. The molecule has 0 bridgehead atoms. The Hall–Kier alpha value is -1.69. The van der Waals surface area contributed by atoms with Crippen LogP contribution in [0.2, 0.25) is 0 Å². The van der Waals surface area contributed by atoms with E-state index in [-0.39, 0.29) is 28.3 Å². The highest BCUT2D eigenvalue weighted by Gasteiger charge is 2.21. The van der Waals surface area contributed by atoms with E-state index in [1.807, 2.05) is 0 Å². The van der Waals surface area contributed by atoms with Gasteiger partial charge in [0.15, 0.2) is 0 Å². The molecular weight excluding hydrogens is 226 g/mol. The van der Waals surface area contributed by atoms with Gasteiger partial charge in [-0.25, -0.2) is 0 Å². The van der Waals surface area contributed by atoms with E-state index in [9.17, 15) is 9.90 Å². The molecule has 6 heteroatoms. The third kappa shape index (κ3) is 2.46. The summed E-state index contributed by atoms with van der Waals surface area (Å²) in [7, 11) is 1.58. The van der Waals surface area contributed by atoms with Crippen molar-refractivity contribution in [3.05, 3.63) is 24.0 Å². The van der Waals surface area contributed by atoms with Crippen LogP contribution in [0.4, 0.5) is 0 Å². The number of likely N-dealkylation sites (N-methyl/N-ethyl adjacent to an activating group) is 1. The van der Waals surface area contributed by atoms with Gasteiger partial charge in [-0.05, 0) is 13.0 Å². The number of amides is 1. The summed E-state index contributed by atoms with van der Waals surface area (Å²) >= 11 is 4.81. The topological polar surface area (TPSA) is 79.5 Å². The molecule has 1 aromatic rings. The van der Waals surface area contributed by atoms with Gasteiger partial charge < -0.3 is 15.7 Å². The Morgan fingerprint density at radius 3 is 2.81 bits per heavy atom. The van der Waals surface area contributed by atoms with Gasteiger partial charge in [-0.1, -0.05) is 12.2 Å². The van der Waals surface area contributed by atoms with Gasteiger partial charge >= 0.3 is 0 Å². The Labute approximate surface area is 98.9 Å². The maximum absolute atomic E-state index is 11.9. The lowest BCUT2D eigenvalue weighted by Gasteiger charge is -2.24. The first-order chi connectivity index (χ1) is 7.45. The lowest BCUT2D eigenvalue weighted by molar-refractivity contribution is 0.0776. The summed E-state index contributed by atoms with van der Waals surface area (Å²) in [4.78, 5) is 17.2. The molecule has 1 unspecified atom stereocenters. The molecule has 1 heterocycles. The Bertz CT molecular complexity index is 422. The number of nitrogens with zero attached hydrogens (tertiary/aromatic N) is 2. The number of rotatable bonds is 3. The molecule has 1 aromatic heterocycles. The highest BCUT2D eigenvalue weighted by molar-refractivity contribution is 7.80. The summed E-state index contributed by atoms with van der Waals surface area (Å²) < 4.78 is 0. The SMILES string of the molecule is CC(C(N)=S)N(C)C(=O)c1ccncc1O. The summed E-state index contributed by atoms with van der Waals surface area (Å²) in [5.74, 6) is -0.505. The van der Waals surface area contributed by atoms with Crippen LogP contribution in [-0.2, 0) is 0 Å². The van der Waals surface area contributed by atoms with Crippen molar-refractivity contribution in [2.24, 2.45) is 5.73 Å². The number of pyridine rings is 1. The van der Waals surface area contributed by atoms with E-state index in [4.69, 9.17) is 18.0 Å². The number of thiocarbonyl (C=S) groups is 1. The van der Waals surface area contributed by atoms with Crippen molar-refractivity contribution >= 4 is 23.1 Å². The average molecular weight is 239 g/mol. The summed E-state index contributed by atoms with van der Waals surface area (Å²) in [6.07, 6.45) is 2.65. The van der Waals surface area contributed by atoms with Crippen molar-refractivity contribution in [2.75, 3.05) is 7.05 Å². The van der Waals surface area contributed by atoms with Crippen molar-refractivity contribution in [1.82, 2.24) is 9.88 Å². The van der Waals surface area contributed by atoms with E-state index in [2.05, 4.69) is 4.98 Å². The third-order valence-electron chi connectivity index (χ3n) is 2.34. The quantitative estimate of drug-likeness (QED) is 0.752. The Morgan fingerprint density at radius 2 is 2.31 bits per heavy atom. The molecule has 0 aliphatic carbocycles. The van der Waals surface area contributed by atoms with Crippen LogP contribution in [0.3, 0.4) is 0 Å². The Morgan fingerprint density at radius 1 is 1.69 bits per heavy atom. The number of hydrogen-bond donors (Lipinski definition) is 2. The molecule has 0 aliphatic heterocycles. The molecule has 86 valence electrons. The van der Waals surface area contributed by atoms with Crippen molar-refractivity contribution in [3.8, 4) is 5.75 Å². The molecule has 16 heavy (non-hydrogen) atoms. The van der Waals surface area contributed by atoms with Gasteiger partial charge in [-0.2, -0.15) is 0 Å². The van der Waals surface area contributed by atoms with Gasteiger partial charge in [0.05, 0.1) is 22.8 Å². The molecule has 0 aliphatic rings. The van der Waals surface area contributed by atoms with Crippen LogP contribution in [0, 0.1) is 0 Å². The smallest absolute Gasteiger partial charge is 0.258 e. The van der Waals surface area contributed by atoms with Gasteiger partial charge in [-0.15, -0.1) is 0 Å². The molecule has 0 spiro atoms. The first kappa shape index (κ1) is 12.4. The molecule has 0 radical (unpaired) electrons. The van der Waals surface area contributed by atoms with Gasteiger partial charge in [0.25, 0.3) is 5.91 Å². The molecule has 5 nitrogen and oxygen atoms in total. The van der Waals surface area contributed by atoms with Gasteiger partial charge in [-0.3, -0.25) is 9.78 Å². The largest absolute Gasteiger partial charge is 0.505 e. The zero-order valence-electron chi connectivity index (χ0n) is 9.04. The van der Waals surface area contributed by atoms with Gasteiger partial charge in [0.2, 0.25) is 0 Å². The fraction of sp³-hybridized carbons (Fsp3) is 0.300. The van der Waals surface area contributed by atoms with Crippen molar-refractivity contribution in [3.63, 3.8) is 0 Å². The maximum atomic E-state index is 11.9. The second-order valence-corrected chi connectivity index (χ2v) is 3.86. The van der Waals surface area contributed by atoms with E-state index in [0.29, 0.717) is 0 Å². The van der Waals surface area contributed by atoms with Crippen LogP contribution >= 0.6 is 12.2 Å². The molecule has 1 amide bonds. The fourth-order valence-corrected chi connectivity index (χ4v) is 1.28. The van der Waals surface area contributed by atoms with Crippen LogP contribution < -0.4 is 5.73 Å². The molecule has 3 N–H and O–H groups in total. The second-order valence-electron chi connectivity index (χ2n) is 3.39. The summed E-state index contributed by atoms with van der Waals surface area (Å²) in [6.45, 7) is 1.72. The van der Waals surface area contributed by atoms with Crippen LogP contribution in [0.5, 0.6) is 5.75 Å². The van der Waals surface area contributed by atoms with E-state index in [1.165, 1.54) is 23.4 Å². The van der Waals surface area contributed by atoms with Crippen LogP contribution in [0.15, 0.2) is 18.5 Å². The molecule has 0 saturated carbocycles. The van der Waals surface area contributed by atoms with Crippen LogP contribution in [-0.4, -0.2) is 39.0 Å². The van der Waals surface area contributed by atoms with Crippen LogP contribution in [0.25, 0.3) is 0 Å². The summed E-state index contributed by atoms with van der Waals surface area (Å²) in [5.41, 5.74) is 5.63. The maximum Gasteiger partial charge on any atom is 0.258 e. The molecule has 0 aromatic carbocycles. The number of aromatic hydroxyl groups is 1. The first-order valence-electron chi connectivity index (χ1n) is 4.64. The monoisotopic (exact) mass is 239 g/mol. The second kappa shape index (κ2) is 4.89. The number of carbonyl (C=O) groups is 1. The number of nitrogens with two attached hydrogens (primary N) is 1. The van der Waals surface area contributed by atoms with E-state index in [1.54, 1.807) is 14.0 Å². The van der Waals surface area contributed by atoms with Gasteiger partial charge in [0, 0.05) is 13.2 Å². The highest BCUT2D eigenvalue weighted by Crippen LogP contribution is 2.16. The van der Waals surface area contributed by atoms with Gasteiger partial charge in [0.1, 0.15) is 5.75 Å². The zero-order valence-corrected chi connectivity index (χ0v) is 9.86. The van der Waals surface area contributed by atoms with Crippen molar-refractivity contribution in [1.29, 1.82) is 0 Å². The Balaban J connectivity index is 2.95. The minimum absolute atomic E-state index is 0.158. The minimum Gasteiger partial charge on any atom is -0.505 e. The van der Waals surface area contributed by atoms with E-state index >= 15 is 0 Å². The fourth-order valence-electron chi connectivity index (χ4n) is 1.12. The molecular formula is C10H13N3O2S. The molecule has 0 saturated heterocycles. The molecule has 0 fully saturated rings. The predicted octanol–water partition coefficient (Wildman–Crippen LogP) is 0.534. The van der Waals surface area contributed by atoms with E-state index in [0.717, 1.165) is 0 Å². The minimum atomic E-state index is -0.366. The molecule has 1 atom stereocenters. The lowest BCUT2D eigenvalue weighted by atomic mass is 10.2. The number of hydrogen-bond acceptors (Lipinski definition) is 4. The summed E-state index contributed by atoms with van der Waals surface area (Å²) in [5, 5.41) is 9.48. The molecule has 1 rings (SSSR count). The lowest BCUT2D eigenvalue weighted by Crippen LogP contribution is -2.42. The predicted molar refractivity (Wildman–Crippen MR) is 64.2 cm³/mol. The standard InChI is InChI=1S/C10H13N3O2S/c1-6(9(11)16)13(2)10(15)7-3-4-12-5-8(7)14/h3-6,14H,1-2H3,(H2,11,16). The normalized spacial score (nSPS) is 11.9.